The van der Waals surface area contributed by atoms with Gasteiger partial charge in [-0.3, -0.25) is 9.59 Å². The number of carbonyl (C=O) groups excluding carboxylic acids is 2. The van der Waals surface area contributed by atoms with Crippen LogP contribution in [0.5, 0.6) is 0 Å². The molecule has 19 heavy (non-hydrogen) atoms. The number of hydrogen-bond donors (Lipinski definition) is 2. The molecule has 2 N–H and O–H groups in total. The number of nitrogens with one attached hydrogen (secondary N) is 1. The van der Waals surface area contributed by atoms with E-state index in [1.54, 1.807) is 24.0 Å². The maximum atomic E-state index is 12.1. The van der Waals surface area contributed by atoms with Gasteiger partial charge in [-0.05, 0) is 24.8 Å². The first-order chi connectivity index (χ1) is 9.10. The predicted octanol–water partition coefficient (Wildman–Crippen LogP) is 1.10. The number of hydrogen-bond acceptors (Lipinski definition) is 4. The maximum Gasteiger partial charge on any atom is 0.261 e. The second-order valence-corrected chi connectivity index (χ2v) is 5.17. The molecule has 0 aliphatic carbocycles. The second kappa shape index (κ2) is 7.91. The average Bonchev–Trinajstić information content (AvgIpc) is 2.91. The molecule has 5 nitrogen and oxygen atoms in total. The Labute approximate surface area is 117 Å². The van der Waals surface area contributed by atoms with Crippen molar-refractivity contribution >= 4 is 23.2 Å². The van der Waals surface area contributed by atoms with Crippen LogP contribution in [0.25, 0.3) is 0 Å². The van der Waals surface area contributed by atoms with Gasteiger partial charge in [-0.1, -0.05) is 13.0 Å². The van der Waals surface area contributed by atoms with Crippen LogP contribution < -0.4 is 5.32 Å². The van der Waals surface area contributed by atoms with E-state index in [-0.39, 0.29) is 18.4 Å². The highest BCUT2D eigenvalue weighted by Crippen LogP contribution is 2.08. The van der Waals surface area contributed by atoms with E-state index in [4.69, 9.17) is 5.11 Å². The number of amides is 2. The molecule has 6 heteroatoms. The van der Waals surface area contributed by atoms with E-state index in [1.165, 1.54) is 11.3 Å². The summed E-state index contributed by atoms with van der Waals surface area (Å²) in [5.74, 6) is -0.405. The fourth-order valence-electron chi connectivity index (χ4n) is 1.73. The van der Waals surface area contributed by atoms with Crippen LogP contribution in [-0.2, 0) is 4.79 Å². The lowest BCUT2D eigenvalue weighted by Crippen LogP contribution is -2.47. The number of rotatable bonds is 7. The summed E-state index contributed by atoms with van der Waals surface area (Å²) in [5, 5.41) is 13.4. The van der Waals surface area contributed by atoms with Crippen LogP contribution >= 0.6 is 11.3 Å². The van der Waals surface area contributed by atoms with Gasteiger partial charge in [0.15, 0.2) is 0 Å². The van der Waals surface area contributed by atoms with Crippen LogP contribution in [0.15, 0.2) is 17.5 Å². The van der Waals surface area contributed by atoms with Crippen LogP contribution in [0.1, 0.15) is 29.9 Å². The smallest absolute Gasteiger partial charge is 0.261 e. The van der Waals surface area contributed by atoms with E-state index in [2.05, 4.69) is 5.32 Å². The quantitative estimate of drug-likeness (QED) is 0.787. The molecular weight excluding hydrogens is 264 g/mol. The molecule has 0 bridgehead atoms. The molecule has 2 amide bonds. The average molecular weight is 284 g/mol. The second-order valence-electron chi connectivity index (χ2n) is 4.22. The van der Waals surface area contributed by atoms with Gasteiger partial charge >= 0.3 is 0 Å². The molecule has 0 fully saturated rings. The van der Waals surface area contributed by atoms with Crippen molar-refractivity contribution < 1.29 is 14.7 Å². The van der Waals surface area contributed by atoms with Crippen molar-refractivity contribution in [2.45, 2.75) is 26.3 Å². The molecule has 0 aliphatic heterocycles. The molecule has 1 heterocycles. The molecule has 0 aliphatic rings. The fourth-order valence-corrected chi connectivity index (χ4v) is 2.36. The van der Waals surface area contributed by atoms with E-state index in [0.29, 0.717) is 18.0 Å². The summed E-state index contributed by atoms with van der Waals surface area (Å²) >= 11 is 1.34. The lowest BCUT2D eigenvalue weighted by Gasteiger charge is -2.25. The SMILES string of the molecule is CCCN(CCO)C(=O)C(C)NC(=O)c1cccs1. The molecular formula is C13H20N2O3S. The summed E-state index contributed by atoms with van der Waals surface area (Å²) < 4.78 is 0. The summed E-state index contributed by atoms with van der Waals surface area (Å²) in [6, 6.07) is 2.92. The molecule has 0 saturated carbocycles. The molecule has 1 unspecified atom stereocenters. The van der Waals surface area contributed by atoms with E-state index in [9.17, 15) is 9.59 Å². The molecule has 0 aromatic carbocycles. The lowest BCUT2D eigenvalue weighted by molar-refractivity contribution is -0.133. The van der Waals surface area contributed by atoms with Crippen molar-refractivity contribution in [1.82, 2.24) is 10.2 Å². The zero-order valence-electron chi connectivity index (χ0n) is 11.3. The van der Waals surface area contributed by atoms with Gasteiger partial charge in [0.1, 0.15) is 6.04 Å². The summed E-state index contributed by atoms with van der Waals surface area (Å²) in [5.41, 5.74) is 0. The number of aliphatic hydroxyl groups is 1. The Balaban J connectivity index is 2.57. The largest absolute Gasteiger partial charge is 0.395 e. The Bertz CT molecular complexity index is 400. The molecule has 1 aromatic rings. The summed E-state index contributed by atoms with van der Waals surface area (Å²) in [6.45, 7) is 4.43. The topological polar surface area (TPSA) is 69.6 Å². The first-order valence-electron chi connectivity index (χ1n) is 6.34. The minimum Gasteiger partial charge on any atom is -0.395 e. The van der Waals surface area contributed by atoms with Gasteiger partial charge in [0.05, 0.1) is 11.5 Å². The lowest BCUT2D eigenvalue weighted by atomic mass is 10.2. The minimum atomic E-state index is -0.590. The highest BCUT2D eigenvalue weighted by atomic mass is 32.1. The van der Waals surface area contributed by atoms with Gasteiger partial charge in [-0.2, -0.15) is 0 Å². The van der Waals surface area contributed by atoms with Gasteiger partial charge in [-0.25, -0.2) is 0 Å². The van der Waals surface area contributed by atoms with E-state index >= 15 is 0 Å². The van der Waals surface area contributed by atoms with E-state index in [1.807, 2.05) is 12.3 Å². The Morgan fingerprint density at radius 1 is 1.47 bits per heavy atom. The number of nitrogens with zero attached hydrogens (tertiary/aromatic N) is 1. The number of carbonyl (C=O) groups is 2. The van der Waals surface area contributed by atoms with E-state index < -0.39 is 6.04 Å². The summed E-state index contributed by atoms with van der Waals surface area (Å²) in [4.78, 5) is 26.1. The van der Waals surface area contributed by atoms with Crippen molar-refractivity contribution in [1.29, 1.82) is 0 Å². The van der Waals surface area contributed by atoms with Crippen molar-refractivity contribution in [3.05, 3.63) is 22.4 Å². The third-order valence-corrected chi connectivity index (χ3v) is 3.51. The summed E-state index contributed by atoms with van der Waals surface area (Å²) in [7, 11) is 0. The van der Waals surface area contributed by atoms with Gasteiger partial charge in [0.25, 0.3) is 5.91 Å². The van der Waals surface area contributed by atoms with Crippen molar-refractivity contribution in [2.24, 2.45) is 0 Å². The van der Waals surface area contributed by atoms with Crippen LogP contribution in [0.4, 0.5) is 0 Å². The van der Waals surface area contributed by atoms with Crippen LogP contribution in [0.2, 0.25) is 0 Å². The van der Waals surface area contributed by atoms with Crippen LogP contribution in [0, 0.1) is 0 Å². The van der Waals surface area contributed by atoms with Gasteiger partial charge in [-0.15, -0.1) is 11.3 Å². The maximum absolute atomic E-state index is 12.1. The Kier molecular flexibility index (Phi) is 6.52. The molecule has 1 aromatic heterocycles. The molecule has 1 atom stereocenters. The Morgan fingerprint density at radius 2 is 2.21 bits per heavy atom. The normalized spacial score (nSPS) is 11.9. The molecule has 0 radical (unpaired) electrons. The van der Waals surface area contributed by atoms with Crippen LogP contribution in [0.3, 0.4) is 0 Å². The van der Waals surface area contributed by atoms with Crippen molar-refractivity contribution in [3.63, 3.8) is 0 Å². The third-order valence-electron chi connectivity index (χ3n) is 2.64. The van der Waals surface area contributed by atoms with Gasteiger partial charge < -0.3 is 15.3 Å². The number of aliphatic hydroxyl groups excluding tert-OH is 1. The zero-order chi connectivity index (χ0) is 14.3. The zero-order valence-corrected chi connectivity index (χ0v) is 12.1. The van der Waals surface area contributed by atoms with E-state index in [0.717, 1.165) is 6.42 Å². The highest BCUT2D eigenvalue weighted by Gasteiger charge is 2.21. The van der Waals surface area contributed by atoms with Gasteiger partial charge in [0, 0.05) is 13.1 Å². The first-order valence-corrected chi connectivity index (χ1v) is 7.22. The molecule has 0 spiro atoms. The fraction of sp³-hybridized carbons (Fsp3) is 0.538. The first kappa shape index (κ1) is 15.7. The molecule has 1 rings (SSSR count). The highest BCUT2D eigenvalue weighted by molar-refractivity contribution is 7.12. The summed E-state index contributed by atoms with van der Waals surface area (Å²) in [6.07, 6.45) is 0.817. The Hall–Kier alpha value is -1.40. The predicted molar refractivity (Wildman–Crippen MR) is 75.2 cm³/mol. The van der Waals surface area contributed by atoms with Crippen LogP contribution in [-0.4, -0.2) is 47.6 Å². The Morgan fingerprint density at radius 3 is 2.74 bits per heavy atom. The monoisotopic (exact) mass is 284 g/mol. The minimum absolute atomic E-state index is 0.0721. The van der Waals surface area contributed by atoms with Crippen molar-refractivity contribution in [2.75, 3.05) is 19.7 Å². The molecule has 0 saturated heterocycles. The third kappa shape index (κ3) is 4.65. The van der Waals surface area contributed by atoms with Gasteiger partial charge in [0.2, 0.25) is 5.91 Å². The molecule has 106 valence electrons. The van der Waals surface area contributed by atoms with Crippen molar-refractivity contribution in [3.8, 4) is 0 Å². The number of thiophene rings is 1. The standard InChI is InChI=1S/C13H20N2O3S/c1-3-6-15(7-8-16)13(18)10(2)14-12(17)11-5-4-9-19-11/h4-5,9-10,16H,3,6-8H2,1-2H3,(H,14,17).